The standard InChI is InChI=1S/C25H24N2O5/c1-16(17-8-3-2-4-9-17)26-22(28)15-32-25(31)18-10-7-11-19(14-18)27-23(29)20-12-5-6-13-21(20)24(27)30/h2-11,14,16,20-21H,12-13,15H2,1H3,(H,26,28)/t16-,20-,21-/m0/s1. The third kappa shape index (κ3) is 4.32. The molecule has 3 amide bonds. The number of ether oxygens (including phenoxy) is 1. The molecule has 2 aromatic carbocycles. The van der Waals surface area contributed by atoms with Gasteiger partial charge in [0, 0.05) is 0 Å². The van der Waals surface area contributed by atoms with Gasteiger partial charge in [0.05, 0.1) is 29.1 Å². The van der Waals surface area contributed by atoms with E-state index in [1.54, 1.807) is 12.1 Å². The minimum absolute atomic E-state index is 0.167. The maximum Gasteiger partial charge on any atom is 0.338 e. The van der Waals surface area contributed by atoms with E-state index in [0.29, 0.717) is 18.5 Å². The average Bonchev–Trinajstić information content (AvgIpc) is 3.08. The Kier molecular flexibility index (Phi) is 6.16. The fraction of sp³-hybridized carbons (Fsp3) is 0.280. The molecule has 1 aliphatic heterocycles. The lowest BCUT2D eigenvalue weighted by Gasteiger charge is -2.16. The maximum atomic E-state index is 12.8. The predicted octanol–water partition coefficient (Wildman–Crippen LogP) is 3.18. The van der Waals surface area contributed by atoms with Crippen LogP contribution in [0.25, 0.3) is 0 Å². The topological polar surface area (TPSA) is 92.8 Å². The van der Waals surface area contributed by atoms with E-state index < -0.39 is 18.5 Å². The van der Waals surface area contributed by atoms with Crippen molar-refractivity contribution in [3.8, 4) is 0 Å². The first-order valence-corrected chi connectivity index (χ1v) is 10.6. The van der Waals surface area contributed by atoms with Crippen LogP contribution in [0.3, 0.4) is 0 Å². The van der Waals surface area contributed by atoms with Crippen molar-refractivity contribution in [2.24, 2.45) is 11.8 Å². The van der Waals surface area contributed by atoms with Crippen LogP contribution in [0.15, 0.2) is 66.7 Å². The molecule has 7 nitrogen and oxygen atoms in total. The number of amides is 3. The highest BCUT2D eigenvalue weighted by Gasteiger charge is 2.47. The fourth-order valence-electron chi connectivity index (χ4n) is 4.15. The predicted molar refractivity (Wildman–Crippen MR) is 118 cm³/mol. The number of rotatable bonds is 6. The number of carbonyl (C=O) groups excluding carboxylic acids is 4. The first-order chi connectivity index (χ1) is 15.5. The van der Waals surface area contributed by atoms with Crippen molar-refractivity contribution in [2.45, 2.75) is 25.8 Å². The van der Waals surface area contributed by atoms with Crippen molar-refractivity contribution in [2.75, 3.05) is 11.5 Å². The quantitative estimate of drug-likeness (QED) is 0.430. The minimum Gasteiger partial charge on any atom is -0.452 e. The van der Waals surface area contributed by atoms with Gasteiger partial charge in [0.25, 0.3) is 5.91 Å². The van der Waals surface area contributed by atoms with E-state index >= 15 is 0 Å². The molecule has 1 aliphatic carbocycles. The highest BCUT2D eigenvalue weighted by Crippen LogP contribution is 2.37. The Morgan fingerprint density at radius 1 is 1.00 bits per heavy atom. The SMILES string of the molecule is C[C@H](NC(=O)COC(=O)c1cccc(N2C(=O)[C@H]3CC=CC[C@@H]3C2=O)c1)c1ccccc1. The van der Waals surface area contributed by atoms with Crippen LogP contribution < -0.4 is 10.2 Å². The van der Waals surface area contributed by atoms with E-state index in [2.05, 4.69) is 5.32 Å². The van der Waals surface area contributed by atoms with E-state index in [1.807, 2.05) is 49.4 Å². The summed E-state index contributed by atoms with van der Waals surface area (Å²) in [5.41, 5.74) is 1.45. The molecule has 0 bridgehead atoms. The van der Waals surface area contributed by atoms with Crippen molar-refractivity contribution in [1.82, 2.24) is 5.32 Å². The zero-order chi connectivity index (χ0) is 22.7. The van der Waals surface area contributed by atoms with Gasteiger partial charge in [-0.1, -0.05) is 48.6 Å². The van der Waals surface area contributed by atoms with Crippen LogP contribution in [-0.2, 0) is 19.1 Å². The molecular formula is C25H24N2O5. The second kappa shape index (κ2) is 9.18. The molecule has 0 unspecified atom stereocenters. The lowest BCUT2D eigenvalue weighted by molar-refractivity contribution is -0.125. The van der Waals surface area contributed by atoms with Crippen molar-refractivity contribution < 1.29 is 23.9 Å². The Labute approximate surface area is 186 Å². The largest absolute Gasteiger partial charge is 0.452 e. The zero-order valence-corrected chi connectivity index (χ0v) is 17.7. The normalized spacial score (nSPS) is 20.6. The van der Waals surface area contributed by atoms with Crippen LogP contribution in [0, 0.1) is 11.8 Å². The summed E-state index contributed by atoms with van der Waals surface area (Å²) in [5, 5.41) is 2.78. The van der Waals surface area contributed by atoms with Crippen LogP contribution in [0.5, 0.6) is 0 Å². The van der Waals surface area contributed by atoms with Gasteiger partial charge in [-0.2, -0.15) is 0 Å². The van der Waals surface area contributed by atoms with Gasteiger partial charge in [-0.25, -0.2) is 4.79 Å². The fourth-order valence-corrected chi connectivity index (χ4v) is 4.15. The Morgan fingerprint density at radius 2 is 1.66 bits per heavy atom. The summed E-state index contributed by atoms with van der Waals surface area (Å²) in [6.45, 7) is 1.41. The van der Waals surface area contributed by atoms with Gasteiger partial charge < -0.3 is 10.1 Å². The maximum absolute atomic E-state index is 12.8. The number of carbonyl (C=O) groups is 4. The first-order valence-electron chi connectivity index (χ1n) is 10.6. The summed E-state index contributed by atoms with van der Waals surface area (Å²) in [6.07, 6.45) is 4.94. The van der Waals surface area contributed by atoms with Crippen molar-refractivity contribution >= 4 is 29.4 Å². The van der Waals surface area contributed by atoms with Gasteiger partial charge in [0.1, 0.15) is 0 Å². The summed E-state index contributed by atoms with van der Waals surface area (Å²) in [4.78, 5) is 51.4. The molecular weight excluding hydrogens is 408 g/mol. The van der Waals surface area contributed by atoms with Crippen LogP contribution in [0.4, 0.5) is 5.69 Å². The summed E-state index contributed by atoms with van der Waals surface area (Å²) in [5.74, 6) is -2.31. The molecule has 2 aromatic rings. The molecule has 164 valence electrons. The van der Waals surface area contributed by atoms with Gasteiger partial charge in [0.2, 0.25) is 11.8 Å². The van der Waals surface area contributed by atoms with Crippen molar-refractivity contribution in [3.05, 3.63) is 77.9 Å². The highest BCUT2D eigenvalue weighted by atomic mass is 16.5. The number of esters is 1. The first kappa shape index (κ1) is 21.5. The van der Waals surface area contributed by atoms with E-state index in [1.165, 1.54) is 12.1 Å². The molecule has 0 aromatic heterocycles. The van der Waals surface area contributed by atoms with Gasteiger partial charge >= 0.3 is 5.97 Å². The Bertz CT molecular complexity index is 1050. The van der Waals surface area contributed by atoms with E-state index in [-0.39, 0.29) is 35.3 Å². The number of nitrogens with zero attached hydrogens (tertiary/aromatic N) is 1. The highest BCUT2D eigenvalue weighted by molar-refractivity contribution is 6.22. The molecule has 1 fully saturated rings. The second-order valence-corrected chi connectivity index (χ2v) is 7.99. The molecule has 3 atom stereocenters. The van der Waals surface area contributed by atoms with E-state index in [0.717, 1.165) is 10.5 Å². The number of hydrogen-bond acceptors (Lipinski definition) is 5. The van der Waals surface area contributed by atoms with Crippen molar-refractivity contribution in [3.63, 3.8) is 0 Å². The molecule has 4 rings (SSSR count). The smallest absolute Gasteiger partial charge is 0.338 e. The molecule has 0 saturated carbocycles. The molecule has 1 heterocycles. The minimum atomic E-state index is -0.701. The summed E-state index contributed by atoms with van der Waals surface area (Å²) in [7, 11) is 0. The van der Waals surface area contributed by atoms with Crippen LogP contribution in [-0.4, -0.2) is 30.3 Å². The molecule has 1 saturated heterocycles. The lowest BCUT2D eigenvalue weighted by Crippen LogP contribution is -2.31. The van der Waals surface area contributed by atoms with Gasteiger partial charge in [-0.05, 0) is 43.5 Å². The van der Waals surface area contributed by atoms with Crippen LogP contribution >= 0.6 is 0 Å². The number of fused-ring (bicyclic) bond motifs is 1. The summed E-state index contributed by atoms with van der Waals surface area (Å²) < 4.78 is 5.14. The third-order valence-electron chi connectivity index (χ3n) is 5.86. The second-order valence-electron chi connectivity index (χ2n) is 7.99. The Balaban J connectivity index is 1.38. The Morgan fingerprint density at radius 3 is 2.31 bits per heavy atom. The summed E-state index contributed by atoms with van der Waals surface area (Å²) >= 11 is 0. The molecule has 32 heavy (non-hydrogen) atoms. The molecule has 2 aliphatic rings. The van der Waals surface area contributed by atoms with E-state index in [4.69, 9.17) is 4.74 Å². The zero-order valence-electron chi connectivity index (χ0n) is 17.7. The summed E-state index contributed by atoms with van der Waals surface area (Å²) in [6, 6.07) is 15.4. The van der Waals surface area contributed by atoms with Gasteiger partial charge in [-0.15, -0.1) is 0 Å². The number of anilines is 1. The average molecular weight is 432 g/mol. The van der Waals surface area contributed by atoms with Crippen molar-refractivity contribution in [1.29, 1.82) is 0 Å². The number of benzene rings is 2. The number of nitrogens with one attached hydrogen (secondary N) is 1. The molecule has 7 heteroatoms. The van der Waals surface area contributed by atoms with Crippen LogP contribution in [0.1, 0.15) is 41.7 Å². The number of imide groups is 1. The molecule has 1 N–H and O–H groups in total. The van der Waals surface area contributed by atoms with E-state index in [9.17, 15) is 19.2 Å². The third-order valence-corrected chi connectivity index (χ3v) is 5.86. The Hall–Kier alpha value is -3.74. The van der Waals surface area contributed by atoms with Gasteiger partial charge in [0.15, 0.2) is 6.61 Å². The molecule has 0 spiro atoms. The monoisotopic (exact) mass is 432 g/mol. The van der Waals surface area contributed by atoms with Gasteiger partial charge in [-0.3, -0.25) is 19.3 Å². The molecule has 0 radical (unpaired) electrons. The number of hydrogen-bond donors (Lipinski definition) is 1. The van der Waals surface area contributed by atoms with Crippen LogP contribution in [0.2, 0.25) is 0 Å². The number of allylic oxidation sites excluding steroid dienone is 2. The lowest BCUT2D eigenvalue weighted by atomic mass is 9.85.